The van der Waals surface area contributed by atoms with Gasteiger partial charge in [0.1, 0.15) is 0 Å². The molecule has 1 fully saturated rings. The van der Waals surface area contributed by atoms with Crippen molar-refractivity contribution in [2.75, 3.05) is 6.54 Å². The van der Waals surface area contributed by atoms with Crippen molar-refractivity contribution in [2.24, 2.45) is 5.41 Å². The molecule has 0 atom stereocenters. The zero-order valence-electron chi connectivity index (χ0n) is 10.9. The van der Waals surface area contributed by atoms with Crippen LogP contribution in [-0.4, -0.2) is 22.9 Å². The molecule has 0 aromatic heterocycles. The molecule has 0 spiro atoms. The summed E-state index contributed by atoms with van der Waals surface area (Å²) in [6.07, 6.45) is 4.23. The van der Waals surface area contributed by atoms with Crippen LogP contribution in [0.4, 0.5) is 0 Å². The Bertz CT molecular complexity index is 237. The van der Waals surface area contributed by atoms with E-state index in [1.54, 1.807) is 0 Å². The largest absolute Gasteiger partial charge is 0.338 e. The number of rotatable bonds is 1. The van der Waals surface area contributed by atoms with Gasteiger partial charge < -0.3 is 4.90 Å². The van der Waals surface area contributed by atoms with Crippen molar-refractivity contribution in [2.45, 2.75) is 65.8 Å². The SMILES string of the molecule is CC(C)(C)CC(=O)N1CCCCC1(C)C. The van der Waals surface area contributed by atoms with E-state index >= 15 is 0 Å². The first kappa shape index (κ1) is 12.5. The van der Waals surface area contributed by atoms with E-state index in [9.17, 15) is 4.79 Å². The maximum atomic E-state index is 12.2. The van der Waals surface area contributed by atoms with E-state index in [0.29, 0.717) is 12.3 Å². The zero-order valence-corrected chi connectivity index (χ0v) is 10.9. The van der Waals surface area contributed by atoms with Gasteiger partial charge in [0.15, 0.2) is 0 Å². The second-order valence-corrected chi connectivity index (χ2v) is 6.55. The van der Waals surface area contributed by atoms with Crippen LogP contribution < -0.4 is 0 Å². The van der Waals surface area contributed by atoms with Crippen LogP contribution >= 0.6 is 0 Å². The minimum atomic E-state index is 0.0700. The lowest BCUT2D eigenvalue weighted by Gasteiger charge is -2.43. The third-order valence-corrected chi connectivity index (χ3v) is 3.13. The zero-order chi connectivity index (χ0) is 11.7. The van der Waals surface area contributed by atoms with Crippen LogP contribution in [0.5, 0.6) is 0 Å². The van der Waals surface area contributed by atoms with E-state index in [4.69, 9.17) is 0 Å². The quantitative estimate of drug-likeness (QED) is 0.652. The molecule has 1 rings (SSSR count). The molecular weight excluding hydrogens is 186 g/mol. The van der Waals surface area contributed by atoms with Crippen molar-refractivity contribution in [3.8, 4) is 0 Å². The van der Waals surface area contributed by atoms with Gasteiger partial charge in [0.25, 0.3) is 0 Å². The summed E-state index contributed by atoms with van der Waals surface area (Å²) in [4.78, 5) is 14.2. The summed E-state index contributed by atoms with van der Waals surface area (Å²) in [6.45, 7) is 11.7. The number of likely N-dealkylation sites (tertiary alicyclic amines) is 1. The monoisotopic (exact) mass is 211 g/mol. The third kappa shape index (κ3) is 3.51. The Morgan fingerprint density at radius 1 is 1.27 bits per heavy atom. The number of nitrogens with zero attached hydrogens (tertiary/aromatic N) is 1. The summed E-state index contributed by atoms with van der Waals surface area (Å²) in [5.41, 5.74) is 0.172. The summed E-state index contributed by atoms with van der Waals surface area (Å²) in [5, 5.41) is 0. The van der Waals surface area contributed by atoms with Crippen LogP contribution in [0.3, 0.4) is 0 Å². The highest BCUT2D eigenvalue weighted by Crippen LogP contribution is 2.30. The molecule has 2 heteroatoms. The van der Waals surface area contributed by atoms with Crippen molar-refractivity contribution < 1.29 is 4.79 Å². The molecule has 0 N–H and O–H groups in total. The van der Waals surface area contributed by atoms with Crippen LogP contribution in [0.2, 0.25) is 0 Å². The number of carbonyl (C=O) groups excluding carboxylic acids is 1. The Hall–Kier alpha value is -0.530. The molecular formula is C13H25NO. The summed E-state index contributed by atoms with van der Waals surface area (Å²) in [5.74, 6) is 0.326. The number of carbonyl (C=O) groups is 1. The van der Waals surface area contributed by atoms with Gasteiger partial charge in [-0.25, -0.2) is 0 Å². The van der Waals surface area contributed by atoms with Crippen LogP contribution in [-0.2, 0) is 4.79 Å². The molecule has 0 aliphatic carbocycles. The maximum Gasteiger partial charge on any atom is 0.223 e. The van der Waals surface area contributed by atoms with E-state index < -0.39 is 0 Å². The standard InChI is InChI=1S/C13H25NO/c1-12(2,3)10-11(15)14-9-7-6-8-13(14,4)5/h6-10H2,1-5H3. The van der Waals surface area contributed by atoms with Gasteiger partial charge in [-0.1, -0.05) is 20.8 Å². The lowest BCUT2D eigenvalue weighted by molar-refractivity contribution is -0.140. The molecule has 0 unspecified atom stereocenters. The van der Waals surface area contributed by atoms with Crippen LogP contribution in [0.15, 0.2) is 0 Å². The second-order valence-electron chi connectivity index (χ2n) is 6.55. The molecule has 1 saturated heterocycles. The highest BCUT2D eigenvalue weighted by atomic mass is 16.2. The van der Waals surface area contributed by atoms with E-state index in [2.05, 4.69) is 39.5 Å². The minimum Gasteiger partial charge on any atom is -0.338 e. The van der Waals surface area contributed by atoms with Gasteiger partial charge in [-0.15, -0.1) is 0 Å². The molecule has 0 bridgehead atoms. The molecule has 1 heterocycles. The van der Waals surface area contributed by atoms with E-state index in [1.165, 1.54) is 12.8 Å². The molecule has 0 radical (unpaired) electrons. The molecule has 2 nitrogen and oxygen atoms in total. The van der Waals surface area contributed by atoms with Crippen molar-refractivity contribution in [1.82, 2.24) is 4.90 Å². The normalized spacial score (nSPS) is 21.5. The lowest BCUT2D eigenvalue weighted by atomic mass is 9.87. The highest BCUT2D eigenvalue weighted by molar-refractivity contribution is 5.77. The highest BCUT2D eigenvalue weighted by Gasteiger charge is 2.34. The number of hydrogen-bond donors (Lipinski definition) is 0. The number of piperidine rings is 1. The van der Waals surface area contributed by atoms with E-state index in [1.807, 2.05) is 0 Å². The van der Waals surface area contributed by atoms with Gasteiger partial charge >= 0.3 is 0 Å². The molecule has 1 aliphatic heterocycles. The van der Waals surface area contributed by atoms with Gasteiger partial charge in [0, 0.05) is 18.5 Å². The Morgan fingerprint density at radius 2 is 1.87 bits per heavy atom. The predicted octanol–water partition coefficient (Wildman–Crippen LogP) is 3.21. The molecule has 1 amide bonds. The number of hydrogen-bond acceptors (Lipinski definition) is 1. The average molecular weight is 211 g/mol. The Balaban J connectivity index is 2.65. The minimum absolute atomic E-state index is 0.0700. The number of amides is 1. The first-order valence-corrected chi connectivity index (χ1v) is 6.03. The fourth-order valence-electron chi connectivity index (χ4n) is 2.28. The second kappa shape index (κ2) is 4.15. The first-order valence-electron chi connectivity index (χ1n) is 6.03. The topological polar surface area (TPSA) is 20.3 Å². The van der Waals surface area contributed by atoms with E-state index in [0.717, 1.165) is 13.0 Å². The first-order chi connectivity index (χ1) is 6.72. The summed E-state index contributed by atoms with van der Waals surface area (Å²) in [7, 11) is 0. The van der Waals surface area contributed by atoms with Crippen LogP contribution in [0, 0.1) is 5.41 Å². The summed E-state index contributed by atoms with van der Waals surface area (Å²) in [6, 6.07) is 0. The Morgan fingerprint density at radius 3 is 2.33 bits per heavy atom. The molecule has 88 valence electrons. The maximum absolute atomic E-state index is 12.2. The molecule has 0 saturated carbocycles. The van der Waals surface area contributed by atoms with Crippen LogP contribution in [0.1, 0.15) is 60.3 Å². The lowest BCUT2D eigenvalue weighted by Crippen LogP contribution is -2.51. The van der Waals surface area contributed by atoms with Crippen molar-refractivity contribution >= 4 is 5.91 Å². The Kier molecular flexibility index (Phi) is 3.47. The fraction of sp³-hybridized carbons (Fsp3) is 0.923. The predicted molar refractivity (Wildman–Crippen MR) is 63.7 cm³/mol. The molecule has 0 aromatic rings. The molecule has 1 aliphatic rings. The van der Waals surface area contributed by atoms with Gasteiger partial charge in [-0.05, 0) is 38.5 Å². The Labute approximate surface area is 94.0 Å². The van der Waals surface area contributed by atoms with Gasteiger partial charge in [0.2, 0.25) is 5.91 Å². The van der Waals surface area contributed by atoms with Gasteiger partial charge in [0.05, 0.1) is 0 Å². The van der Waals surface area contributed by atoms with E-state index in [-0.39, 0.29) is 11.0 Å². The fourth-order valence-corrected chi connectivity index (χ4v) is 2.28. The van der Waals surface area contributed by atoms with Gasteiger partial charge in [-0.3, -0.25) is 4.79 Å². The van der Waals surface area contributed by atoms with Crippen molar-refractivity contribution in [1.29, 1.82) is 0 Å². The molecule has 15 heavy (non-hydrogen) atoms. The summed E-state index contributed by atoms with van der Waals surface area (Å²) >= 11 is 0. The van der Waals surface area contributed by atoms with Gasteiger partial charge in [-0.2, -0.15) is 0 Å². The van der Waals surface area contributed by atoms with Crippen LogP contribution in [0.25, 0.3) is 0 Å². The smallest absolute Gasteiger partial charge is 0.223 e. The third-order valence-electron chi connectivity index (χ3n) is 3.13. The van der Waals surface area contributed by atoms with Crippen molar-refractivity contribution in [3.63, 3.8) is 0 Å². The average Bonchev–Trinajstić information content (AvgIpc) is 1.99. The van der Waals surface area contributed by atoms with Crippen molar-refractivity contribution in [3.05, 3.63) is 0 Å². The summed E-state index contributed by atoms with van der Waals surface area (Å²) < 4.78 is 0. The molecule has 0 aromatic carbocycles.